The quantitative estimate of drug-likeness (QED) is 0.270. The summed E-state index contributed by atoms with van der Waals surface area (Å²) in [5, 5.41) is 9.51. The predicted molar refractivity (Wildman–Crippen MR) is 21.7 cm³/mol. The molecule has 0 saturated carbocycles. The number of hydrogen-bond acceptors (Lipinski definition) is 5. The van der Waals surface area contributed by atoms with Gasteiger partial charge >= 0.3 is 112 Å². The second-order valence-electron chi connectivity index (χ2n) is 0.990. The van der Waals surface area contributed by atoms with E-state index in [2.05, 4.69) is 4.43 Å². The summed E-state index contributed by atoms with van der Waals surface area (Å²) < 4.78 is 13.3. The van der Waals surface area contributed by atoms with E-state index in [0.717, 1.165) is 0 Å². The van der Waals surface area contributed by atoms with Gasteiger partial charge in [0.15, 0.2) is 0 Å². The Hall–Kier alpha value is 2.10. The smallest absolute Gasteiger partial charge is 0.561 e. The van der Waals surface area contributed by atoms with E-state index in [4.69, 9.17) is 0 Å². The first kappa shape index (κ1) is 18.8. The molecule has 0 unspecified atom stereocenters. The van der Waals surface area contributed by atoms with Gasteiger partial charge in [0.25, 0.3) is 0 Å². The van der Waals surface area contributed by atoms with E-state index in [1.54, 1.807) is 0 Å². The molecule has 0 rings (SSSR count). The van der Waals surface area contributed by atoms with Crippen molar-refractivity contribution in [1.82, 2.24) is 0 Å². The Bertz CT molecular complexity index is 158. The van der Waals surface area contributed by atoms with Crippen molar-refractivity contribution in [1.29, 1.82) is 0 Å². The van der Waals surface area contributed by atoms with Crippen LogP contribution in [0.25, 0.3) is 0 Å². The van der Waals surface area contributed by atoms with E-state index in [1.165, 1.54) is 0 Å². The van der Waals surface area contributed by atoms with Crippen LogP contribution in [0.2, 0.25) is 0 Å². The maximum atomic E-state index is 9.57. The van der Waals surface area contributed by atoms with Crippen molar-refractivity contribution in [3.05, 3.63) is 12.3 Å². The van der Waals surface area contributed by atoms with Gasteiger partial charge in [-0.1, -0.05) is 0 Å². The summed E-state index contributed by atoms with van der Waals surface area (Å²) in [6.07, 6.45) is 1.00. The van der Waals surface area contributed by atoms with Crippen molar-refractivity contribution in [2.75, 3.05) is 0 Å². The van der Waals surface area contributed by atoms with Gasteiger partial charge in [0.05, 0.1) is 5.97 Å². The predicted octanol–water partition coefficient (Wildman–Crippen LogP) is -8.95. The Balaban J connectivity index is -0.000000320. The Morgan fingerprint density at radius 3 is 2.18 bits per heavy atom. The Morgan fingerprint density at radius 1 is 1.45 bits per heavy atom. The molecule has 0 heterocycles. The molecule has 0 fully saturated rings. The van der Waals surface area contributed by atoms with Crippen molar-refractivity contribution >= 4 is 15.1 Å². The molecular weight excluding hydrogens is 222 g/mol. The van der Waals surface area contributed by atoms with Crippen molar-refractivity contribution in [3.8, 4) is 0 Å². The summed E-state index contributed by atoms with van der Waals surface area (Å²) in [5.41, 5.74) is 0. The van der Waals surface area contributed by atoms with E-state index in [0.29, 0.717) is 12.3 Å². The van der Waals surface area contributed by atoms with Gasteiger partial charge in [-0.05, 0) is 6.08 Å². The Morgan fingerprint density at radius 2 is 1.91 bits per heavy atom. The molecule has 0 amide bonds. The molecule has 0 aliphatic carbocycles. The van der Waals surface area contributed by atoms with Gasteiger partial charge in [0.1, 0.15) is 0 Å². The third-order valence-electron chi connectivity index (χ3n) is 0.368. The van der Waals surface area contributed by atoms with Gasteiger partial charge in [-0.2, -0.15) is 0 Å². The fourth-order valence-electron chi connectivity index (χ4n) is 0.145. The largest absolute Gasteiger partial charge is 1.00 e. The van der Waals surface area contributed by atoms with E-state index in [1.807, 2.05) is 0 Å². The van der Waals surface area contributed by atoms with Gasteiger partial charge in [-0.25, -0.2) is 0 Å². The number of carbonyl (C=O) groups excluding carboxylic acids is 1. The molecular formula is C3H2K2O5Si. The van der Waals surface area contributed by atoms with Crippen LogP contribution in [0, 0.1) is 0 Å². The fourth-order valence-corrected chi connectivity index (χ4v) is 0.324. The second-order valence-corrected chi connectivity index (χ2v) is 1.73. The molecule has 11 heavy (non-hydrogen) atoms. The zero-order chi connectivity index (χ0) is 7.28. The third-order valence-corrected chi connectivity index (χ3v) is 0.697. The van der Waals surface area contributed by atoms with E-state index < -0.39 is 15.1 Å². The zero-order valence-corrected chi connectivity index (χ0v) is 13.4. The van der Waals surface area contributed by atoms with Crippen LogP contribution in [0.3, 0.4) is 0 Å². The van der Waals surface area contributed by atoms with E-state index in [9.17, 15) is 19.2 Å². The normalized spacial score (nSPS) is 7.64. The van der Waals surface area contributed by atoms with E-state index in [-0.39, 0.29) is 103 Å². The van der Waals surface area contributed by atoms with Crippen LogP contribution in [0.15, 0.2) is 12.3 Å². The van der Waals surface area contributed by atoms with Crippen LogP contribution in [0.1, 0.15) is 0 Å². The SMILES string of the molecule is O=C([O-])C=CO[Si](=O)[O-].[K+].[K+]. The van der Waals surface area contributed by atoms with Gasteiger partial charge < -0.3 is 23.6 Å². The maximum absolute atomic E-state index is 9.57. The molecule has 5 nitrogen and oxygen atoms in total. The minimum absolute atomic E-state index is 0. The summed E-state index contributed by atoms with van der Waals surface area (Å²) >= 11 is 0. The maximum Gasteiger partial charge on any atom is 1.00 e. The van der Waals surface area contributed by atoms with Gasteiger partial charge in [-0.15, -0.1) is 0 Å². The number of carbonyl (C=O) groups is 1. The summed E-state index contributed by atoms with van der Waals surface area (Å²) in [6.45, 7) is 0. The molecule has 0 aliphatic rings. The average Bonchev–Trinajstić information content (AvgIpc) is 1.63. The number of carboxylic acids is 1. The summed E-state index contributed by atoms with van der Waals surface area (Å²) in [4.78, 5) is 19.1. The van der Waals surface area contributed by atoms with Gasteiger partial charge in [0, 0.05) is 6.26 Å². The number of hydrogen-bond donors (Lipinski definition) is 0. The van der Waals surface area contributed by atoms with Gasteiger partial charge in [0.2, 0.25) is 0 Å². The first-order valence-corrected chi connectivity index (χ1v) is 3.10. The first-order valence-electron chi connectivity index (χ1n) is 1.88. The number of rotatable bonds is 3. The summed E-state index contributed by atoms with van der Waals surface area (Å²) in [6, 6.07) is 0. The first-order chi connectivity index (χ1) is 4.13. The molecule has 0 N–H and O–H groups in total. The topological polar surface area (TPSA) is 89.5 Å². The average molecular weight is 224 g/mol. The molecule has 0 atom stereocenters. The van der Waals surface area contributed by atoms with Crippen LogP contribution in [-0.4, -0.2) is 15.1 Å². The van der Waals surface area contributed by atoms with Gasteiger partial charge in [-0.3, -0.25) is 0 Å². The molecule has 0 radical (unpaired) electrons. The molecule has 0 aromatic heterocycles. The number of carboxylic acid groups (broad SMARTS) is 1. The monoisotopic (exact) mass is 224 g/mol. The minimum atomic E-state index is -3.31. The molecule has 0 aromatic rings. The second kappa shape index (κ2) is 12.1. The molecule has 0 saturated heterocycles. The molecule has 0 spiro atoms. The van der Waals surface area contributed by atoms with Crippen molar-refractivity contribution in [2.45, 2.75) is 0 Å². The Labute approximate surface area is 150 Å². The zero-order valence-electron chi connectivity index (χ0n) is 6.20. The molecule has 0 bridgehead atoms. The van der Waals surface area contributed by atoms with Crippen LogP contribution < -0.4 is 113 Å². The molecule has 8 heteroatoms. The standard InChI is InChI=1S/C3H3O5Si.2K/c4-3(5)1-2-8-9(6)7;;/h1-2H,(H,4,5);;/q-1;2*+1/p-1. The van der Waals surface area contributed by atoms with Crippen LogP contribution in [0.4, 0.5) is 0 Å². The van der Waals surface area contributed by atoms with Crippen molar-refractivity contribution < 1.29 is 126 Å². The van der Waals surface area contributed by atoms with Crippen LogP contribution in [0.5, 0.6) is 0 Å². The van der Waals surface area contributed by atoms with Crippen LogP contribution in [-0.2, 0) is 13.7 Å². The Kier molecular flexibility index (Phi) is 20.7. The number of aliphatic carboxylic acids is 1. The minimum Gasteiger partial charge on any atom is -0.561 e. The fraction of sp³-hybridized carbons (Fsp3) is 0. The van der Waals surface area contributed by atoms with Crippen molar-refractivity contribution in [2.24, 2.45) is 0 Å². The van der Waals surface area contributed by atoms with Crippen LogP contribution >= 0.6 is 0 Å². The molecule has 0 aromatic carbocycles. The summed E-state index contributed by atoms with van der Waals surface area (Å²) in [7, 11) is -3.31. The molecule has 0 aliphatic heterocycles. The summed E-state index contributed by atoms with van der Waals surface area (Å²) in [5.74, 6) is -1.50. The third kappa shape index (κ3) is 18.8. The van der Waals surface area contributed by atoms with E-state index >= 15 is 0 Å². The van der Waals surface area contributed by atoms with Crippen molar-refractivity contribution in [3.63, 3.8) is 0 Å². The molecule has 50 valence electrons.